The molecule has 2 N–H and O–H groups in total. The number of phenolic OH excluding ortho intramolecular Hbond substituents is 1. The third kappa shape index (κ3) is 5.81. The molecule has 0 radical (unpaired) electrons. The molecule has 2 saturated carbocycles. The topological polar surface area (TPSA) is 49.3 Å². The first-order valence-corrected chi connectivity index (χ1v) is 12.9. The summed E-state index contributed by atoms with van der Waals surface area (Å²) in [5.41, 5.74) is 3.50. The molecule has 0 aliphatic heterocycles. The number of amides is 1. The number of carbonyl (C=O) groups excluding carboxylic acids is 1. The Hall–Kier alpha value is -2.81. The maximum Gasteiger partial charge on any atom is 0.224 e. The van der Waals surface area contributed by atoms with E-state index in [4.69, 9.17) is 0 Å². The van der Waals surface area contributed by atoms with E-state index in [0.717, 1.165) is 30.2 Å². The number of rotatable bonds is 7. The molecule has 2 fully saturated rings. The van der Waals surface area contributed by atoms with Crippen molar-refractivity contribution in [1.82, 2.24) is 0 Å². The van der Waals surface area contributed by atoms with Gasteiger partial charge in [0, 0.05) is 12.1 Å². The van der Waals surface area contributed by atoms with Gasteiger partial charge in [-0.1, -0.05) is 62.8 Å². The molecule has 2 aromatic carbocycles. The zero-order valence-corrected chi connectivity index (χ0v) is 20.9. The lowest BCUT2D eigenvalue weighted by atomic mass is 9.88. The third-order valence-corrected chi connectivity index (χ3v) is 8.00. The summed E-state index contributed by atoms with van der Waals surface area (Å²) in [6, 6.07) is 13.3. The predicted octanol–water partition coefficient (Wildman–Crippen LogP) is 5.95. The fourth-order valence-corrected chi connectivity index (χ4v) is 5.99. The summed E-state index contributed by atoms with van der Waals surface area (Å²) in [6.07, 6.45) is 11.2. The van der Waals surface area contributed by atoms with Gasteiger partial charge >= 0.3 is 0 Å². The summed E-state index contributed by atoms with van der Waals surface area (Å²) in [7, 11) is 0. The van der Waals surface area contributed by atoms with Crippen molar-refractivity contribution < 1.29 is 9.90 Å². The molecule has 2 unspecified atom stereocenters. The number of hydrogen-bond donors (Lipinski definition) is 2. The van der Waals surface area contributed by atoms with Crippen LogP contribution in [0, 0.1) is 36.5 Å². The minimum Gasteiger partial charge on any atom is -0.508 e. The van der Waals surface area contributed by atoms with Gasteiger partial charge < -0.3 is 10.4 Å². The van der Waals surface area contributed by atoms with E-state index in [1.165, 1.54) is 29.2 Å². The van der Waals surface area contributed by atoms with Crippen LogP contribution < -0.4 is 15.8 Å². The van der Waals surface area contributed by atoms with E-state index >= 15 is 0 Å². The number of fused-ring (bicyclic) bond motifs is 1. The van der Waals surface area contributed by atoms with Crippen LogP contribution in [-0.2, 0) is 4.79 Å². The highest BCUT2D eigenvalue weighted by molar-refractivity contribution is 5.90. The Kier molecular flexibility index (Phi) is 7.60. The van der Waals surface area contributed by atoms with Crippen molar-refractivity contribution in [2.75, 3.05) is 5.32 Å². The zero-order chi connectivity index (χ0) is 24.2. The molecule has 0 saturated heterocycles. The van der Waals surface area contributed by atoms with Crippen molar-refractivity contribution in [3.05, 3.63) is 70.6 Å². The van der Waals surface area contributed by atoms with E-state index in [-0.39, 0.29) is 11.7 Å². The van der Waals surface area contributed by atoms with E-state index < -0.39 is 0 Å². The van der Waals surface area contributed by atoms with Gasteiger partial charge in [-0.25, -0.2) is 0 Å². The van der Waals surface area contributed by atoms with Crippen molar-refractivity contribution >= 4 is 23.7 Å². The lowest BCUT2D eigenvalue weighted by Crippen LogP contribution is -2.27. The highest BCUT2D eigenvalue weighted by Crippen LogP contribution is 2.52. The van der Waals surface area contributed by atoms with E-state index in [1.54, 1.807) is 24.3 Å². The molecule has 4 rings (SSSR count). The molecule has 0 heterocycles. The summed E-state index contributed by atoms with van der Waals surface area (Å²) >= 11 is 0. The van der Waals surface area contributed by atoms with Gasteiger partial charge in [-0.05, 0) is 102 Å². The SMILES string of the molecule is C=c1ccc(C)c/c1=C(/C=C\[C@H](C)CC)C1CC2CC(CC(=O)Nc3ccc(O)cc3)CC2C1. The first kappa shape index (κ1) is 24.3. The van der Waals surface area contributed by atoms with Gasteiger partial charge in [0.05, 0.1) is 0 Å². The first-order valence-electron chi connectivity index (χ1n) is 12.9. The molecule has 34 heavy (non-hydrogen) atoms. The Morgan fingerprint density at radius 2 is 1.79 bits per heavy atom. The second kappa shape index (κ2) is 10.6. The maximum absolute atomic E-state index is 12.6. The molecule has 2 aromatic rings. The molecule has 180 valence electrons. The number of allylic oxidation sites excluding steroid dienone is 2. The molecular formula is C31H39NO2. The van der Waals surface area contributed by atoms with Crippen molar-refractivity contribution in [3.8, 4) is 5.75 Å². The number of aromatic hydroxyl groups is 1. The minimum absolute atomic E-state index is 0.0809. The number of anilines is 1. The van der Waals surface area contributed by atoms with Crippen LogP contribution in [0.4, 0.5) is 5.69 Å². The van der Waals surface area contributed by atoms with Crippen LogP contribution in [0.5, 0.6) is 5.75 Å². The van der Waals surface area contributed by atoms with Crippen LogP contribution in [-0.4, -0.2) is 11.0 Å². The number of benzene rings is 2. The molecule has 2 aliphatic rings. The summed E-state index contributed by atoms with van der Waals surface area (Å²) in [6.45, 7) is 11.0. The molecule has 1 amide bonds. The highest BCUT2D eigenvalue weighted by atomic mass is 16.3. The Morgan fingerprint density at radius 3 is 2.44 bits per heavy atom. The van der Waals surface area contributed by atoms with Gasteiger partial charge in [0.25, 0.3) is 0 Å². The highest BCUT2D eigenvalue weighted by Gasteiger charge is 2.42. The van der Waals surface area contributed by atoms with Gasteiger partial charge in [-0.3, -0.25) is 4.79 Å². The molecule has 3 atom stereocenters. The van der Waals surface area contributed by atoms with Crippen molar-refractivity contribution in [3.63, 3.8) is 0 Å². The Labute approximate surface area is 204 Å². The van der Waals surface area contributed by atoms with E-state index in [2.05, 4.69) is 63.0 Å². The average molecular weight is 458 g/mol. The normalized spacial score (nSPS) is 25.9. The minimum atomic E-state index is 0.0809. The second-order valence-corrected chi connectivity index (χ2v) is 10.7. The Morgan fingerprint density at radius 1 is 1.12 bits per heavy atom. The second-order valence-electron chi connectivity index (χ2n) is 10.7. The number of phenols is 1. The maximum atomic E-state index is 12.6. The van der Waals surface area contributed by atoms with Gasteiger partial charge in [0.2, 0.25) is 5.91 Å². The molecule has 3 nitrogen and oxygen atoms in total. The fraction of sp³-hybridized carbons (Fsp3) is 0.452. The van der Waals surface area contributed by atoms with E-state index in [9.17, 15) is 9.90 Å². The predicted molar refractivity (Wildman–Crippen MR) is 142 cm³/mol. The number of nitrogens with one attached hydrogen (secondary N) is 1. The quantitative estimate of drug-likeness (QED) is 0.505. The molecule has 0 spiro atoms. The fourth-order valence-electron chi connectivity index (χ4n) is 5.99. The Balaban J connectivity index is 1.44. The summed E-state index contributed by atoms with van der Waals surface area (Å²) in [5.74, 6) is 3.33. The van der Waals surface area contributed by atoms with Crippen molar-refractivity contribution in [1.29, 1.82) is 0 Å². The van der Waals surface area contributed by atoms with Gasteiger partial charge in [-0.2, -0.15) is 0 Å². The van der Waals surface area contributed by atoms with Crippen LogP contribution in [0.25, 0.3) is 12.2 Å². The summed E-state index contributed by atoms with van der Waals surface area (Å²) in [5, 5.41) is 14.8. The van der Waals surface area contributed by atoms with Gasteiger partial charge in [0.1, 0.15) is 5.75 Å². The molecule has 2 aliphatic carbocycles. The van der Waals surface area contributed by atoms with Gasteiger partial charge in [-0.15, -0.1) is 0 Å². The van der Waals surface area contributed by atoms with Crippen LogP contribution in [0.2, 0.25) is 0 Å². The van der Waals surface area contributed by atoms with Crippen molar-refractivity contribution in [2.24, 2.45) is 29.6 Å². The zero-order valence-electron chi connectivity index (χ0n) is 20.9. The first-order chi connectivity index (χ1) is 16.3. The largest absolute Gasteiger partial charge is 0.508 e. The van der Waals surface area contributed by atoms with Crippen LogP contribution >= 0.6 is 0 Å². The van der Waals surface area contributed by atoms with E-state index in [1.807, 2.05) is 0 Å². The summed E-state index contributed by atoms with van der Waals surface area (Å²) in [4.78, 5) is 12.6. The van der Waals surface area contributed by atoms with Crippen LogP contribution in [0.15, 0.2) is 54.6 Å². The molecular weight excluding hydrogens is 418 g/mol. The lowest BCUT2D eigenvalue weighted by molar-refractivity contribution is -0.117. The van der Waals surface area contributed by atoms with E-state index in [0.29, 0.717) is 36.0 Å². The van der Waals surface area contributed by atoms with Crippen LogP contribution in [0.1, 0.15) is 57.9 Å². The van der Waals surface area contributed by atoms with Crippen LogP contribution in [0.3, 0.4) is 0 Å². The van der Waals surface area contributed by atoms with Crippen molar-refractivity contribution in [2.45, 2.75) is 59.3 Å². The number of carbonyl (C=O) groups is 1. The molecule has 0 bridgehead atoms. The summed E-state index contributed by atoms with van der Waals surface area (Å²) < 4.78 is 0. The van der Waals surface area contributed by atoms with Gasteiger partial charge in [0.15, 0.2) is 0 Å². The Bertz CT molecular complexity index is 1130. The molecule has 3 heteroatoms. The average Bonchev–Trinajstić information content (AvgIpc) is 3.36. The lowest BCUT2D eigenvalue weighted by Gasteiger charge is -2.17. The number of aryl methyl sites for hydroxylation is 1. The number of hydrogen-bond acceptors (Lipinski definition) is 2. The monoisotopic (exact) mass is 457 g/mol. The standard InChI is InChI=1S/C31H39NO2/c1-5-20(2)7-13-29(30-14-21(3)6-8-22(30)4)26-18-24-15-23(16-25(24)19-26)17-31(34)32-27-9-11-28(33)12-10-27/h6-14,20,23-26,33H,4-5,15-19H2,1-3H3,(H,32,34)/b13-7-,30-29+/t20-,23?,24?,25?,26?/m1/s1. The smallest absolute Gasteiger partial charge is 0.224 e. The molecule has 0 aromatic heterocycles. The third-order valence-electron chi connectivity index (χ3n) is 8.00.